The molecular formula is C8H19BN2O. The van der Waals surface area contributed by atoms with Crippen molar-refractivity contribution in [2.75, 3.05) is 19.6 Å². The molecule has 0 aliphatic carbocycles. The smallest absolute Gasteiger partial charge is 0.143 e. The predicted octanol–water partition coefficient (Wildman–Crippen LogP) is -0.724. The monoisotopic (exact) mass is 170 g/mol. The van der Waals surface area contributed by atoms with Crippen LogP contribution in [-0.4, -0.2) is 44.2 Å². The predicted molar refractivity (Wildman–Crippen MR) is 54.1 cm³/mol. The number of nitrogens with two attached hydrogens (primary N) is 1. The highest BCUT2D eigenvalue weighted by atomic mass is 16.1. The van der Waals surface area contributed by atoms with Gasteiger partial charge >= 0.3 is 0 Å². The molecule has 0 amide bonds. The van der Waals surface area contributed by atoms with Gasteiger partial charge in [-0.2, -0.15) is 0 Å². The topological polar surface area (TPSA) is 46.3 Å². The van der Waals surface area contributed by atoms with Crippen LogP contribution in [0.2, 0.25) is 6.32 Å². The number of carbonyl (C=O) groups excluding carboxylic acids is 1. The van der Waals surface area contributed by atoms with E-state index in [1.165, 1.54) is 0 Å². The molecule has 2 N–H and O–H groups in total. The van der Waals surface area contributed by atoms with E-state index in [0.717, 1.165) is 12.9 Å². The van der Waals surface area contributed by atoms with E-state index >= 15 is 0 Å². The average molecular weight is 170 g/mol. The van der Waals surface area contributed by atoms with Crippen molar-refractivity contribution in [3.8, 4) is 0 Å². The van der Waals surface area contributed by atoms with Crippen molar-refractivity contribution in [3.63, 3.8) is 0 Å². The van der Waals surface area contributed by atoms with Crippen molar-refractivity contribution in [3.05, 3.63) is 0 Å². The molecule has 0 fully saturated rings. The van der Waals surface area contributed by atoms with Gasteiger partial charge in [0, 0.05) is 19.1 Å². The molecule has 1 atom stereocenters. The highest BCUT2D eigenvalue weighted by Gasteiger charge is 2.12. The van der Waals surface area contributed by atoms with E-state index in [1.54, 1.807) is 6.92 Å². The number of carbonyl (C=O) groups is 1. The van der Waals surface area contributed by atoms with Crippen LogP contribution in [0.4, 0.5) is 0 Å². The summed E-state index contributed by atoms with van der Waals surface area (Å²) >= 11 is 0. The van der Waals surface area contributed by atoms with Gasteiger partial charge in [-0.05, 0) is 6.92 Å². The minimum Gasteiger partial charge on any atom is -0.329 e. The Bertz CT molecular complexity index is 141. The molecule has 0 saturated carbocycles. The Labute approximate surface area is 75.7 Å². The van der Waals surface area contributed by atoms with E-state index < -0.39 is 0 Å². The quantitative estimate of drug-likeness (QED) is 0.535. The largest absolute Gasteiger partial charge is 0.329 e. The fourth-order valence-corrected chi connectivity index (χ4v) is 1.17. The van der Waals surface area contributed by atoms with Crippen LogP contribution in [0, 0.1) is 0 Å². The molecule has 0 aromatic heterocycles. The van der Waals surface area contributed by atoms with Crippen LogP contribution in [-0.2, 0) is 4.79 Å². The first-order chi connectivity index (χ1) is 5.61. The van der Waals surface area contributed by atoms with Crippen LogP contribution in [0.5, 0.6) is 0 Å². The minimum absolute atomic E-state index is 0.212. The fourth-order valence-electron chi connectivity index (χ4n) is 1.17. The molecule has 0 bridgehead atoms. The number of nitrogens with zero attached hydrogens (tertiary/aromatic N) is 1. The highest BCUT2D eigenvalue weighted by molar-refractivity contribution is 6.08. The molecule has 0 aromatic carbocycles. The summed E-state index contributed by atoms with van der Waals surface area (Å²) in [5, 5.41) is 0. The molecular weight excluding hydrogens is 151 g/mol. The van der Waals surface area contributed by atoms with Gasteiger partial charge in [0.05, 0.1) is 6.54 Å². The summed E-state index contributed by atoms with van der Waals surface area (Å²) in [4.78, 5) is 13.0. The third-order valence-electron chi connectivity index (χ3n) is 2.06. The number of rotatable bonds is 6. The van der Waals surface area contributed by atoms with Crippen LogP contribution in [0.1, 0.15) is 13.8 Å². The molecule has 0 aromatic rings. The minimum atomic E-state index is 0.212. The van der Waals surface area contributed by atoms with Gasteiger partial charge in [-0.1, -0.05) is 13.2 Å². The summed E-state index contributed by atoms with van der Waals surface area (Å²) in [5.41, 5.74) is 5.44. The molecule has 0 aliphatic rings. The second-order valence-corrected chi connectivity index (χ2v) is 3.22. The van der Waals surface area contributed by atoms with Crippen LogP contribution in [0.25, 0.3) is 0 Å². The molecule has 3 nitrogen and oxygen atoms in total. The van der Waals surface area contributed by atoms with Gasteiger partial charge in [-0.3, -0.25) is 9.69 Å². The van der Waals surface area contributed by atoms with Gasteiger partial charge in [0.25, 0.3) is 0 Å². The van der Waals surface area contributed by atoms with Crippen LogP contribution in [0.15, 0.2) is 0 Å². The molecule has 1 unspecified atom stereocenters. The molecule has 0 rings (SSSR count). The van der Waals surface area contributed by atoms with Gasteiger partial charge < -0.3 is 5.73 Å². The Morgan fingerprint density at radius 1 is 1.67 bits per heavy atom. The Balaban J connectivity index is 3.93. The Hall–Kier alpha value is -0.345. The number of ketones is 1. The Kier molecular flexibility index (Phi) is 6.02. The van der Waals surface area contributed by atoms with Crippen LogP contribution < -0.4 is 5.73 Å². The molecule has 70 valence electrons. The van der Waals surface area contributed by atoms with E-state index in [-0.39, 0.29) is 5.78 Å². The summed E-state index contributed by atoms with van der Waals surface area (Å²) in [5.74, 6) is 0.212. The second-order valence-electron chi connectivity index (χ2n) is 3.22. The summed E-state index contributed by atoms with van der Waals surface area (Å²) < 4.78 is 0. The van der Waals surface area contributed by atoms with Crippen molar-refractivity contribution < 1.29 is 4.79 Å². The maximum atomic E-state index is 10.9. The van der Waals surface area contributed by atoms with E-state index in [1.807, 2.05) is 0 Å². The zero-order valence-electron chi connectivity index (χ0n) is 8.34. The number of Topliss-reactive ketones (excluding diaryl/α,β-unsaturated/α-hetero) is 1. The summed E-state index contributed by atoms with van der Waals surface area (Å²) in [6.07, 6.45) is 1.06. The first-order valence-electron chi connectivity index (χ1n) is 4.55. The Morgan fingerprint density at radius 3 is 2.58 bits per heavy atom. The molecule has 0 radical (unpaired) electrons. The first kappa shape index (κ1) is 11.7. The van der Waals surface area contributed by atoms with Crippen molar-refractivity contribution in [1.82, 2.24) is 4.90 Å². The fraction of sp³-hybridized carbons (Fsp3) is 0.875. The van der Waals surface area contributed by atoms with Gasteiger partial charge in [0.1, 0.15) is 13.6 Å². The van der Waals surface area contributed by atoms with Crippen LogP contribution in [0.3, 0.4) is 0 Å². The summed E-state index contributed by atoms with van der Waals surface area (Å²) in [7, 11) is 2.12. The van der Waals surface area contributed by atoms with Crippen molar-refractivity contribution in [2.24, 2.45) is 5.73 Å². The van der Waals surface area contributed by atoms with E-state index in [0.29, 0.717) is 19.1 Å². The molecule has 0 heterocycles. The lowest BCUT2D eigenvalue weighted by atomic mass is 9.97. The van der Waals surface area contributed by atoms with E-state index in [4.69, 9.17) is 5.73 Å². The lowest BCUT2D eigenvalue weighted by molar-refractivity contribution is -0.118. The zero-order chi connectivity index (χ0) is 9.56. The SMILES string of the molecule is BCC(C)N(CCN)CC(C)=O. The highest BCUT2D eigenvalue weighted by Crippen LogP contribution is 2.01. The first-order valence-corrected chi connectivity index (χ1v) is 4.55. The standard InChI is InChI=1S/C8H19BN2O/c1-7(5-9)11(4-3-10)6-8(2)12/h7H,3-6,9-10H2,1-2H3. The van der Waals surface area contributed by atoms with Crippen molar-refractivity contribution >= 4 is 13.6 Å². The zero-order valence-corrected chi connectivity index (χ0v) is 8.34. The van der Waals surface area contributed by atoms with E-state index in [9.17, 15) is 4.79 Å². The number of hydrogen-bond donors (Lipinski definition) is 1. The molecule has 0 aliphatic heterocycles. The van der Waals surface area contributed by atoms with Crippen LogP contribution >= 0.6 is 0 Å². The van der Waals surface area contributed by atoms with E-state index in [2.05, 4.69) is 19.7 Å². The van der Waals surface area contributed by atoms with Gasteiger partial charge in [-0.15, -0.1) is 0 Å². The maximum absolute atomic E-state index is 10.9. The van der Waals surface area contributed by atoms with Gasteiger partial charge in [0.15, 0.2) is 0 Å². The normalized spacial score (nSPS) is 13.3. The summed E-state index contributed by atoms with van der Waals surface area (Å²) in [6, 6.07) is 0.456. The van der Waals surface area contributed by atoms with Gasteiger partial charge in [0.2, 0.25) is 0 Å². The molecule has 12 heavy (non-hydrogen) atoms. The lowest BCUT2D eigenvalue weighted by Gasteiger charge is -2.26. The third kappa shape index (κ3) is 4.52. The maximum Gasteiger partial charge on any atom is 0.143 e. The molecule has 0 spiro atoms. The second kappa shape index (κ2) is 6.20. The van der Waals surface area contributed by atoms with Gasteiger partial charge in [-0.25, -0.2) is 0 Å². The molecule has 4 heteroatoms. The van der Waals surface area contributed by atoms with Crippen molar-refractivity contribution in [1.29, 1.82) is 0 Å². The third-order valence-corrected chi connectivity index (χ3v) is 2.06. The summed E-state index contributed by atoms with van der Waals surface area (Å²) in [6.45, 7) is 5.71. The lowest BCUT2D eigenvalue weighted by Crippen LogP contribution is -2.39. The average Bonchev–Trinajstić information content (AvgIpc) is 2.01. The Morgan fingerprint density at radius 2 is 2.25 bits per heavy atom. The molecule has 0 saturated heterocycles. The number of hydrogen-bond acceptors (Lipinski definition) is 3. The van der Waals surface area contributed by atoms with Crippen molar-refractivity contribution in [2.45, 2.75) is 26.2 Å².